The first kappa shape index (κ1) is 11.4. The first-order valence-corrected chi connectivity index (χ1v) is 6.18. The van der Waals surface area contributed by atoms with Crippen molar-refractivity contribution >= 4 is 17.4 Å². The summed E-state index contributed by atoms with van der Waals surface area (Å²) in [5, 5.41) is 0. The van der Waals surface area contributed by atoms with Gasteiger partial charge < -0.3 is 9.64 Å². The fourth-order valence-corrected chi connectivity index (χ4v) is 2.60. The largest absolute Gasteiger partial charge is 0.381 e. The Morgan fingerprint density at radius 2 is 2.28 bits per heavy atom. The van der Waals surface area contributed by atoms with Gasteiger partial charge in [-0.1, -0.05) is 0 Å². The van der Waals surface area contributed by atoms with E-state index < -0.39 is 0 Å². The third kappa shape index (κ3) is 1.73. The second-order valence-corrected chi connectivity index (χ2v) is 4.90. The summed E-state index contributed by atoms with van der Waals surface area (Å²) in [5.74, 6) is 0.203. The van der Waals surface area contributed by atoms with Gasteiger partial charge in [-0.15, -0.1) is 0 Å². The standard InChI is InChI=1S/C14H15NO3/c1-15-12-3-2-9(6-11(12)7-13(15)16)14(17)10-4-5-18-8-10/h2-3,6,10H,4-5,7-8H2,1H3. The average Bonchev–Trinajstić information content (AvgIpc) is 2.98. The van der Waals surface area contributed by atoms with Crippen LogP contribution in [0.3, 0.4) is 0 Å². The van der Waals surface area contributed by atoms with E-state index >= 15 is 0 Å². The van der Waals surface area contributed by atoms with Crippen LogP contribution < -0.4 is 4.90 Å². The van der Waals surface area contributed by atoms with Crippen LogP contribution in [0.2, 0.25) is 0 Å². The first-order valence-electron chi connectivity index (χ1n) is 6.18. The Morgan fingerprint density at radius 1 is 1.44 bits per heavy atom. The van der Waals surface area contributed by atoms with Gasteiger partial charge in [-0.25, -0.2) is 0 Å². The number of benzene rings is 1. The minimum Gasteiger partial charge on any atom is -0.381 e. The number of carbonyl (C=O) groups excluding carboxylic acids is 2. The van der Waals surface area contributed by atoms with Crippen LogP contribution in [0.15, 0.2) is 18.2 Å². The molecule has 0 spiro atoms. The van der Waals surface area contributed by atoms with Gasteiger partial charge in [0.05, 0.1) is 13.0 Å². The highest BCUT2D eigenvalue weighted by atomic mass is 16.5. The van der Waals surface area contributed by atoms with Gasteiger partial charge in [0.1, 0.15) is 0 Å². The number of likely N-dealkylation sites (N-methyl/N-ethyl adjacent to an activating group) is 1. The Kier molecular flexibility index (Phi) is 2.67. The summed E-state index contributed by atoms with van der Waals surface area (Å²) < 4.78 is 5.24. The Bertz CT molecular complexity index is 518. The minimum absolute atomic E-state index is 0.0158. The van der Waals surface area contributed by atoms with Crippen molar-refractivity contribution in [1.82, 2.24) is 0 Å². The maximum Gasteiger partial charge on any atom is 0.231 e. The number of nitrogens with zero attached hydrogens (tertiary/aromatic N) is 1. The molecule has 4 heteroatoms. The lowest BCUT2D eigenvalue weighted by atomic mass is 9.95. The van der Waals surface area contributed by atoms with Gasteiger partial charge in [-0.05, 0) is 30.2 Å². The number of ketones is 1. The molecule has 0 aliphatic carbocycles. The third-order valence-electron chi connectivity index (χ3n) is 3.74. The van der Waals surface area contributed by atoms with Crippen LogP contribution in [0, 0.1) is 5.92 Å². The highest BCUT2D eigenvalue weighted by Crippen LogP contribution is 2.29. The Morgan fingerprint density at radius 3 is 3.00 bits per heavy atom. The number of ether oxygens (including phenoxy) is 1. The lowest BCUT2D eigenvalue weighted by Gasteiger charge is -2.11. The van der Waals surface area contributed by atoms with Crippen molar-refractivity contribution in [3.8, 4) is 0 Å². The maximum atomic E-state index is 12.2. The molecule has 2 aliphatic rings. The second-order valence-electron chi connectivity index (χ2n) is 4.90. The van der Waals surface area contributed by atoms with Crippen LogP contribution in [0.1, 0.15) is 22.3 Å². The lowest BCUT2D eigenvalue weighted by molar-refractivity contribution is -0.117. The molecule has 1 amide bonds. The number of fused-ring (bicyclic) bond motifs is 1. The fraction of sp³-hybridized carbons (Fsp3) is 0.429. The summed E-state index contributed by atoms with van der Waals surface area (Å²) in [6.07, 6.45) is 1.20. The van der Waals surface area contributed by atoms with Crippen LogP contribution in [0.25, 0.3) is 0 Å². The normalized spacial score (nSPS) is 22.4. The molecule has 2 aliphatic heterocycles. The lowest BCUT2D eigenvalue weighted by Crippen LogP contribution is -2.20. The van der Waals surface area contributed by atoms with E-state index in [9.17, 15) is 9.59 Å². The van der Waals surface area contributed by atoms with Crippen molar-refractivity contribution in [2.45, 2.75) is 12.8 Å². The molecular weight excluding hydrogens is 230 g/mol. The molecule has 2 heterocycles. The SMILES string of the molecule is CN1C(=O)Cc2cc(C(=O)C3CCOC3)ccc21. The topological polar surface area (TPSA) is 46.6 Å². The maximum absolute atomic E-state index is 12.2. The van der Waals surface area contributed by atoms with Crippen LogP contribution in [-0.2, 0) is 16.0 Å². The summed E-state index contributed by atoms with van der Waals surface area (Å²) in [5.41, 5.74) is 2.57. The molecule has 94 valence electrons. The molecule has 1 fully saturated rings. The zero-order valence-corrected chi connectivity index (χ0v) is 10.3. The highest BCUT2D eigenvalue weighted by Gasteiger charge is 2.28. The molecule has 18 heavy (non-hydrogen) atoms. The van der Waals surface area contributed by atoms with Crippen LogP contribution in [0.5, 0.6) is 0 Å². The molecule has 1 aromatic carbocycles. The summed E-state index contributed by atoms with van der Waals surface area (Å²) in [6, 6.07) is 5.54. The highest BCUT2D eigenvalue weighted by molar-refractivity contribution is 6.04. The van der Waals surface area contributed by atoms with Gasteiger partial charge >= 0.3 is 0 Å². The minimum atomic E-state index is -0.0158. The number of carbonyl (C=O) groups is 2. The van der Waals surface area contributed by atoms with E-state index in [-0.39, 0.29) is 17.6 Å². The molecule has 0 saturated carbocycles. The number of hydrogen-bond donors (Lipinski definition) is 0. The van der Waals surface area contributed by atoms with Gasteiger partial charge in [0, 0.05) is 30.8 Å². The van der Waals surface area contributed by atoms with Crippen molar-refractivity contribution < 1.29 is 14.3 Å². The summed E-state index contributed by atoms with van der Waals surface area (Å²) in [6.45, 7) is 1.19. The number of amides is 1. The Labute approximate surface area is 106 Å². The van der Waals surface area contributed by atoms with Gasteiger partial charge in [-0.3, -0.25) is 9.59 Å². The molecule has 1 unspecified atom stereocenters. The monoisotopic (exact) mass is 245 g/mol. The van der Waals surface area contributed by atoms with E-state index in [0.717, 1.165) is 17.7 Å². The number of Topliss-reactive ketones (excluding diaryl/α,β-unsaturated/α-hetero) is 1. The fourth-order valence-electron chi connectivity index (χ4n) is 2.60. The molecule has 3 rings (SSSR count). The molecule has 4 nitrogen and oxygen atoms in total. The van der Waals surface area contributed by atoms with Crippen LogP contribution in [-0.4, -0.2) is 32.0 Å². The van der Waals surface area contributed by atoms with Gasteiger partial charge in [-0.2, -0.15) is 0 Å². The molecule has 1 saturated heterocycles. The van der Waals surface area contributed by atoms with E-state index in [1.807, 2.05) is 18.2 Å². The van der Waals surface area contributed by atoms with Gasteiger partial charge in [0.15, 0.2) is 5.78 Å². The molecular formula is C14H15NO3. The van der Waals surface area contributed by atoms with Crippen molar-refractivity contribution in [3.05, 3.63) is 29.3 Å². The van der Waals surface area contributed by atoms with Crippen molar-refractivity contribution in [1.29, 1.82) is 0 Å². The molecule has 0 radical (unpaired) electrons. The Balaban J connectivity index is 1.89. The van der Waals surface area contributed by atoms with Crippen molar-refractivity contribution in [2.24, 2.45) is 5.92 Å². The zero-order chi connectivity index (χ0) is 12.7. The number of hydrogen-bond acceptors (Lipinski definition) is 3. The van der Waals surface area contributed by atoms with Crippen LogP contribution >= 0.6 is 0 Å². The van der Waals surface area contributed by atoms with Crippen LogP contribution in [0.4, 0.5) is 5.69 Å². The summed E-state index contributed by atoms with van der Waals surface area (Å²) in [4.78, 5) is 25.5. The van der Waals surface area contributed by atoms with Crippen molar-refractivity contribution in [2.75, 3.05) is 25.2 Å². The van der Waals surface area contributed by atoms with Gasteiger partial charge in [0.25, 0.3) is 0 Å². The van der Waals surface area contributed by atoms with E-state index in [1.54, 1.807) is 11.9 Å². The Hall–Kier alpha value is -1.68. The third-order valence-corrected chi connectivity index (χ3v) is 3.74. The number of rotatable bonds is 2. The molecule has 0 aromatic heterocycles. The van der Waals surface area contributed by atoms with E-state index in [4.69, 9.17) is 4.74 Å². The summed E-state index contributed by atoms with van der Waals surface area (Å²) >= 11 is 0. The predicted octanol–water partition coefficient (Wildman–Crippen LogP) is 1.42. The van der Waals surface area contributed by atoms with E-state index in [2.05, 4.69) is 0 Å². The zero-order valence-electron chi connectivity index (χ0n) is 10.3. The number of anilines is 1. The predicted molar refractivity (Wildman–Crippen MR) is 66.8 cm³/mol. The molecule has 0 bridgehead atoms. The van der Waals surface area contributed by atoms with E-state index in [1.165, 1.54) is 0 Å². The smallest absolute Gasteiger partial charge is 0.231 e. The summed E-state index contributed by atoms with van der Waals surface area (Å²) in [7, 11) is 1.76. The molecule has 1 aromatic rings. The quantitative estimate of drug-likeness (QED) is 0.740. The second kappa shape index (κ2) is 4.21. The van der Waals surface area contributed by atoms with E-state index in [0.29, 0.717) is 25.2 Å². The van der Waals surface area contributed by atoms with Gasteiger partial charge in [0.2, 0.25) is 5.91 Å². The average molecular weight is 245 g/mol. The molecule has 0 N–H and O–H groups in total. The molecule has 1 atom stereocenters. The van der Waals surface area contributed by atoms with Crippen molar-refractivity contribution in [3.63, 3.8) is 0 Å². The first-order chi connectivity index (χ1) is 8.66.